The maximum Gasteiger partial charge on any atom is 0.306 e. The first kappa shape index (κ1) is 23.9. The molecule has 0 heterocycles. The van der Waals surface area contributed by atoms with Crippen LogP contribution in [0, 0.1) is 46.3 Å². The smallest absolute Gasteiger partial charge is 0.306 e. The molecule has 0 aromatic heterocycles. The molecule has 5 fully saturated rings. The Balaban J connectivity index is 1.18. The van der Waals surface area contributed by atoms with Gasteiger partial charge < -0.3 is 4.74 Å². The van der Waals surface area contributed by atoms with Crippen molar-refractivity contribution in [1.82, 2.24) is 0 Å². The van der Waals surface area contributed by atoms with E-state index in [0.29, 0.717) is 36.0 Å². The van der Waals surface area contributed by atoms with Gasteiger partial charge >= 0.3 is 5.97 Å². The van der Waals surface area contributed by atoms with Gasteiger partial charge in [0.25, 0.3) is 0 Å². The summed E-state index contributed by atoms with van der Waals surface area (Å²) in [5.41, 5.74) is 1.09. The molecule has 0 bridgehead atoms. The highest BCUT2D eigenvalue weighted by atomic mass is 16.5. The highest BCUT2D eigenvalue weighted by Crippen LogP contribution is 2.68. The lowest BCUT2D eigenvalue weighted by Crippen LogP contribution is -2.53. The molecule has 0 aromatic carbocycles. The summed E-state index contributed by atoms with van der Waals surface area (Å²) in [5.74, 6) is 5.34. The molecule has 0 aliphatic heterocycles. The Morgan fingerprint density at radius 3 is 2.58 bits per heavy atom. The van der Waals surface area contributed by atoms with Crippen LogP contribution < -0.4 is 0 Å². The number of ether oxygens (including phenoxy) is 1. The van der Waals surface area contributed by atoms with Gasteiger partial charge in [-0.1, -0.05) is 33.6 Å². The van der Waals surface area contributed by atoms with Crippen LogP contribution in [0.4, 0.5) is 0 Å². The number of fused-ring (bicyclic) bond motifs is 5. The van der Waals surface area contributed by atoms with Crippen LogP contribution in [0.1, 0.15) is 124 Å². The zero-order chi connectivity index (χ0) is 23.2. The second-order valence-corrected chi connectivity index (χ2v) is 13.4. The molecule has 0 saturated heterocycles. The number of carbonyl (C=O) groups excluding carboxylic acids is 2. The molecule has 3 heteroatoms. The molecule has 5 aliphatic carbocycles. The quantitative estimate of drug-likeness (QED) is 0.402. The zero-order valence-electron chi connectivity index (χ0n) is 21.6. The van der Waals surface area contributed by atoms with Crippen LogP contribution in [-0.2, 0) is 14.3 Å². The molecule has 0 amide bonds. The first-order valence-electron chi connectivity index (χ1n) is 14.5. The van der Waals surface area contributed by atoms with E-state index in [1.807, 2.05) is 0 Å². The second-order valence-electron chi connectivity index (χ2n) is 13.4. The summed E-state index contributed by atoms with van der Waals surface area (Å²) in [7, 11) is 0. The number of esters is 1. The summed E-state index contributed by atoms with van der Waals surface area (Å²) in [6, 6.07) is 0. The van der Waals surface area contributed by atoms with E-state index in [1.54, 1.807) is 0 Å². The van der Waals surface area contributed by atoms with Gasteiger partial charge in [-0.05, 0) is 117 Å². The number of ketones is 1. The molecule has 5 saturated carbocycles. The highest BCUT2D eigenvalue weighted by Gasteiger charge is 2.60. The fourth-order valence-corrected chi connectivity index (χ4v) is 10.1. The van der Waals surface area contributed by atoms with Crippen molar-refractivity contribution >= 4 is 11.8 Å². The third-order valence-corrected chi connectivity index (χ3v) is 11.9. The molecular weight excluding hydrogens is 408 g/mol. The van der Waals surface area contributed by atoms with E-state index < -0.39 is 0 Å². The Hall–Kier alpha value is -0.860. The zero-order valence-corrected chi connectivity index (χ0v) is 21.6. The Labute approximate surface area is 202 Å². The van der Waals surface area contributed by atoms with E-state index in [2.05, 4.69) is 20.8 Å². The minimum absolute atomic E-state index is 0.0755. The third kappa shape index (κ3) is 4.33. The van der Waals surface area contributed by atoms with Crippen LogP contribution >= 0.6 is 0 Å². The van der Waals surface area contributed by atoms with Gasteiger partial charge in [-0.3, -0.25) is 9.59 Å². The topological polar surface area (TPSA) is 43.4 Å². The monoisotopic (exact) mass is 456 g/mol. The summed E-state index contributed by atoms with van der Waals surface area (Å²) in [6.45, 7) is 7.71. The first-order chi connectivity index (χ1) is 15.8. The molecule has 33 heavy (non-hydrogen) atoms. The highest BCUT2D eigenvalue weighted by molar-refractivity contribution is 5.80. The third-order valence-electron chi connectivity index (χ3n) is 11.9. The molecule has 0 N–H and O–H groups in total. The molecule has 0 radical (unpaired) electrons. The molecule has 0 aromatic rings. The Morgan fingerprint density at radius 2 is 1.76 bits per heavy atom. The average Bonchev–Trinajstić information content (AvgIpc) is 3.14. The van der Waals surface area contributed by atoms with Crippen molar-refractivity contribution in [3.05, 3.63) is 0 Å². The lowest BCUT2D eigenvalue weighted by molar-refractivity contribution is -0.152. The van der Waals surface area contributed by atoms with E-state index in [9.17, 15) is 9.59 Å². The second kappa shape index (κ2) is 9.30. The molecular formula is C30H48O3. The van der Waals surface area contributed by atoms with Crippen LogP contribution in [0.2, 0.25) is 0 Å². The SMILES string of the molecule is C[C@H](CCC(=O)OC1CCCC(=O)C1)[C@H]1CC[C@H]2[C@@H]3CCC4CCCC[C@]4(C)[C@H]3CC[C@]12C. The van der Waals surface area contributed by atoms with Gasteiger partial charge in [-0.25, -0.2) is 0 Å². The van der Waals surface area contributed by atoms with Crippen LogP contribution in [0.25, 0.3) is 0 Å². The number of hydrogen-bond acceptors (Lipinski definition) is 3. The predicted molar refractivity (Wildman–Crippen MR) is 132 cm³/mol. The van der Waals surface area contributed by atoms with Gasteiger partial charge in [0.2, 0.25) is 0 Å². The Bertz CT molecular complexity index is 745. The lowest BCUT2D eigenvalue weighted by Gasteiger charge is -2.61. The van der Waals surface area contributed by atoms with Crippen molar-refractivity contribution in [2.45, 2.75) is 130 Å². The predicted octanol–water partition coefficient (Wildman–Crippen LogP) is 7.51. The summed E-state index contributed by atoms with van der Waals surface area (Å²) in [6.07, 6.45) is 18.7. The summed E-state index contributed by atoms with van der Waals surface area (Å²) >= 11 is 0. The minimum atomic E-state index is -0.158. The molecule has 5 aliphatic rings. The number of carbonyl (C=O) groups is 2. The minimum Gasteiger partial charge on any atom is -0.462 e. The Kier molecular flexibility index (Phi) is 6.73. The van der Waals surface area contributed by atoms with Gasteiger partial charge in [-0.2, -0.15) is 0 Å². The van der Waals surface area contributed by atoms with E-state index in [0.717, 1.165) is 48.9 Å². The summed E-state index contributed by atoms with van der Waals surface area (Å²) in [4.78, 5) is 24.2. The van der Waals surface area contributed by atoms with Crippen LogP contribution in [0.3, 0.4) is 0 Å². The summed E-state index contributed by atoms with van der Waals surface area (Å²) < 4.78 is 5.68. The maximum atomic E-state index is 12.5. The van der Waals surface area contributed by atoms with Gasteiger partial charge in [0, 0.05) is 19.3 Å². The van der Waals surface area contributed by atoms with E-state index in [1.165, 1.54) is 64.2 Å². The van der Waals surface area contributed by atoms with Crippen molar-refractivity contribution in [2.24, 2.45) is 46.3 Å². The van der Waals surface area contributed by atoms with E-state index in [-0.39, 0.29) is 17.9 Å². The number of rotatable bonds is 5. The molecule has 5 rings (SSSR count). The van der Waals surface area contributed by atoms with Crippen molar-refractivity contribution in [3.8, 4) is 0 Å². The largest absolute Gasteiger partial charge is 0.462 e. The van der Waals surface area contributed by atoms with Crippen molar-refractivity contribution in [1.29, 1.82) is 0 Å². The first-order valence-corrected chi connectivity index (χ1v) is 14.5. The number of hydrogen-bond donors (Lipinski definition) is 0. The maximum absolute atomic E-state index is 12.5. The molecule has 186 valence electrons. The van der Waals surface area contributed by atoms with Crippen LogP contribution in [0.5, 0.6) is 0 Å². The molecule has 9 atom stereocenters. The van der Waals surface area contributed by atoms with Gasteiger partial charge in [0.05, 0.1) is 0 Å². The van der Waals surface area contributed by atoms with Crippen molar-refractivity contribution < 1.29 is 14.3 Å². The summed E-state index contributed by atoms with van der Waals surface area (Å²) in [5, 5.41) is 0. The van der Waals surface area contributed by atoms with Crippen LogP contribution in [-0.4, -0.2) is 17.9 Å². The molecule has 2 unspecified atom stereocenters. The van der Waals surface area contributed by atoms with Crippen molar-refractivity contribution in [3.63, 3.8) is 0 Å². The fraction of sp³-hybridized carbons (Fsp3) is 0.933. The van der Waals surface area contributed by atoms with E-state index in [4.69, 9.17) is 4.74 Å². The molecule has 3 nitrogen and oxygen atoms in total. The van der Waals surface area contributed by atoms with Gasteiger partial charge in [0.15, 0.2) is 0 Å². The van der Waals surface area contributed by atoms with Gasteiger partial charge in [-0.15, -0.1) is 0 Å². The number of Topliss-reactive ketones (excluding diaryl/α,β-unsaturated/α-hetero) is 1. The standard InChI is InChI=1S/C30H48O3/c1-20(10-15-28(32)33-23-9-6-8-22(31)19-23)25-13-14-26-24-12-11-21-7-4-5-17-29(21,2)27(24)16-18-30(25,26)3/h20-21,23-27H,4-19H2,1-3H3/t20-,21?,23?,24+,25-,26+,27+,29+,30-/m1/s1. The van der Waals surface area contributed by atoms with Crippen LogP contribution in [0.15, 0.2) is 0 Å². The lowest BCUT2D eigenvalue weighted by atomic mass is 9.44. The molecule has 0 spiro atoms. The van der Waals surface area contributed by atoms with Crippen molar-refractivity contribution in [2.75, 3.05) is 0 Å². The van der Waals surface area contributed by atoms with E-state index >= 15 is 0 Å². The average molecular weight is 457 g/mol. The van der Waals surface area contributed by atoms with Gasteiger partial charge in [0.1, 0.15) is 11.9 Å². The normalized spacial score (nSPS) is 46.1. The Morgan fingerprint density at radius 1 is 0.939 bits per heavy atom. The fourth-order valence-electron chi connectivity index (χ4n) is 10.1.